The lowest BCUT2D eigenvalue weighted by atomic mass is 9.98. The second kappa shape index (κ2) is 20.4. The highest BCUT2D eigenvalue weighted by molar-refractivity contribution is 9.15. The molecule has 0 saturated heterocycles. The predicted octanol–water partition coefficient (Wildman–Crippen LogP) is 2.10. The Kier molecular flexibility index (Phi) is 15.7. The normalized spacial score (nSPS) is 12.4. The standard InChI is InChI=1S/C40H36Br4N4O16/c41-29-33-13(1-5-21(49)50)17(9-25(57)58)37(45-33)30(42)34-15(3-7-23(53)54)19(11-27(61)62)39(47-34)32(44)36-16(4-8-24(55)56)20(12-28(63)64)40(48-36)31(43)35-14(2-6-22(51)52)18(10-26(59)60)38(29)46-35/h45-48H,1-12H2,(H,49,50)(H,51,52)(H,53,54)(H,55,56)(H,57,58)(H,59,60)(H,61,62)(H,63,64). The number of hydrogen-bond acceptors (Lipinski definition) is 8. The maximum absolute atomic E-state index is 12.6. The van der Waals surface area contributed by atoms with Crippen molar-refractivity contribution in [3.05, 3.63) is 88.7 Å². The first kappa shape index (κ1) is 49.3. The third-order valence-corrected chi connectivity index (χ3v) is 13.5. The zero-order valence-electron chi connectivity index (χ0n) is 32.8. The zero-order valence-corrected chi connectivity index (χ0v) is 39.2. The summed E-state index contributed by atoms with van der Waals surface area (Å²) in [6.07, 6.45) is -6.18. The quantitative estimate of drug-likeness (QED) is 0.0603. The number of aliphatic carboxylic acids is 8. The van der Waals surface area contributed by atoms with Crippen LogP contribution in [-0.2, 0) is 89.7 Å². The van der Waals surface area contributed by atoms with Gasteiger partial charge in [0, 0.05) is 25.7 Å². The number of fused-ring (bicyclic) bond motifs is 8. The van der Waals surface area contributed by atoms with Crippen LogP contribution in [0.15, 0.2) is 0 Å². The van der Waals surface area contributed by atoms with Crippen LogP contribution in [0.3, 0.4) is 0 Å². The molecule has 340 valence electrons. The summed E-state index contributed by atoms with van der Waals surface area (Å²) in [6.45, 7) is 0. The average molecular weight is 1150 g/mol. The Morgan fingerprint density at radius 3 is 0.766 bits per heavy atom. The van der Waals surface area contributed by atoms with E-state index in [0.717, 1.165) is 0 Å². The topological polar surface area (TPSA) is 362 Å². The summed E-state index contributed by atoms with van der Waals surface area (Å²) in [6, 6.07) is 0. The van der Waals surface area contributed by atoms with Crippen molar-refractivity contribution < 1.29 is 79.2 Å². The summed E-state index contributed by atoms with van der Waals surface area (Å²) in [5, 5.41) is 80.2. The van der Waals surface area contributed by atoms with Gasteiger partial charge in [0.1, 0.15) is 0 Å². The lowest BCUT2D eigenvalue weighted by Crippen LogP contribution is -2.18. The van der Waals surface area contributed by atoms with Gasteiger partial charge in [-0.1, -0.05) is 0 Å². The molecule has 1 aliphatic rings. The predicted molar refractivity (Wildman–Crippen MR) is 237 cm³/mol. The molecule has 0 radical (unpaired) electrons. The van der Waals surface area contributed by atoms with Crippen LogP contribution in [-0.4, -0.2) is 109 Å². The van der Waals surface area contributed by atoms with Crippen LogP contribution in [0.1, 0.15) is 93.0 Å². The van der Waals surface area contributed by atoms with Gasteiger partial charge in [-0.2, -0.15) is 0 Å². The van der Waals surface area contributed by atoms with E-state index in [1.807, 2.05) is 0 Å². The van der Waals surface area contributed by atoms with E-state index in [2.05, 4.69) is 83.7 Å². The van der Waals surface area contributed by atoms with E-state index >= 15 is 0 Å². The average Bonchev–Trinajstić information content (AvgIpc) is 3.93. The van der Waals surface area contributed by atoms with E-state index in [1.54, 1.807) is 0 Å². The van der Waals surface area contributed by atoms with Crippen molar-refractivity contribution in [3.63, 3.8) is 0 Å². The third kappa shape index (κ3) is 10.8. The van der Waals surface area contributed by atoms with Gasteiger partial charge in [0.2, 0.25) is 0 Å². The van der Waals surface area contributed by atoms with Crippen molar-refractivity contribution in [1.29, 1.82) is 0 Å². The fourth-order valence-electron chi connectivity index (χ4n) is 7.73. The Labute approximate surface area is 392 Å². The fourth-order valence-corrected chi connectivity index (χ4v) is 10.4. The highest BCUT2D eigenvalue weighted by Gasteiger charge is 2.30. The van der Waals surface area contributed by atoms with E-state index in [4.69, 9.17) is 0 Å². The second-order valence-electron chi connectivity index (χ2n) is 14.4. The Morgan fingerprint density at radius 1 is 0.297 bits per heavy atom. The lowest BCUT2D eigenvalue weighted by Gasteiger charge is -2.08. The minimum Gasteiger partial charge on any atom is -0.481 e. The Bertz CT molecular complexity index is 2740. The number of halogens is 4. The first-order chi connectivity index (χ1) is 30.0. The van der Waals surface area contributed by atoms with Gasteiger partial charge < -0.3 is 60.8 Å². The summed E-state index contributed by atoms with van der Waals surface area (Å²) >= 11 is 14.2. The molecule has 0 unspecified atom stereocenters. The highest BCUT2D eigenvalue weighted by Crippen LogP contribution is 2.36. The molecule has 64 heavy (non-hydrogen) atoms. The van der Waals surface area contributed by atoms with Crippen molar-refractivity contribution in [1.82, 2.24) is 19.9 Å². The van der Waals surface area contributed by atoms with Crippen LogP contribution >= 0.6 is 63.7 Å². The van der Waals surface area contributed by atoms with Gasteiger partial charge in [-0.25, -0.2) is 0 Å². The fraction of sp³-hybridized carbons (Fsp3) is 0.300. The number of carbonyl (C=O) groups is 8. The number of hydrogen-bond donors (Lipinski definition) is 12. The lowest BCUT2D eigenvalue weighted by molar-refractivity contribution is -0.138. The molecule has 20 nitrogen and oxygen atoms in total. The minimum atomic E-state index is -1.36. The van der Waals surface area contributed by atoms with Crippen molar-refractivity contribution in [2.75, 3.05) is 0 Å². The van der Waals surface area contributed by atoms with Crippen LogP contribution in [0, 0.1) is 0 Å². The molecule has 8 bridgehead atoms. The van der Waals surface area contributed by atoms with Crippen molar-refractivity contribution >= 4 is 129 Å². The van der Waals surface area contributed by atoms with Gasteiger partial charge in [0.15, 0.2) is 0 Å². The van der Waals surface area contributed by atoms with Gasteiger partial charge in [-0.15, -0.1) is 0 Å². The molecule has 0 aromatic carbocycles. The monoisotopic (exact) mass is 1140 g/mol. The molecule has 4 aromatic rings. The van der Waals surface area contributed by atoms with E-state index in [-0.39, 0.29) is 132 Å². The molecule has 5 heterocycles. The summed E-state index contributed by atoms with van der Waals surface area (Å²) in [7, 11) is 0. The molecular weight excluding hydrogens is 1110 g/mol. The molecular formula is C40H36Br4N4O16. The van der Waals surface area contributed by atoms with E-state index < -0.39 is 99.1 Å². The smallest absolute Gasteiger partial charge is 0.307 e. The maximum atomic E-state index is 12.6. The van der Waals surface area contributed by atoms with Crippen LogP contribution < -0.4 is 21.4 Å². The first-order valence-electron chi connectivity index (χ1n) is 18.8. The molecule has 4 aromatic heterocycles. The number of aromatic nitrogens is 4. The summed E-state index contributed by atoms with van der Waals surface area (Å²) in [5.41, 5.74) is 0.833. The highest BCUT2D eigenvalue weighted by atomic mass is 79.9. The second-order valence-corrected chi connectivity index (χ2v) is 17.6. The summed E-state index contributed by atoms with van der Waals surface area (Å²) in [5.74, 6) is -10.5. The van der Waals surface area contributed by atoms with Crippen molar-refractivity contribution in [2.45, 2.75) is 77.0 Å². The Balaban J connectivity index is 2.23. The van der Waals surface area contributed by atoms with Crippen molar-refractivity contribution in [3.8, 4) is 0 Å². The largest absolute Gasteiger partial charge is 0.481 e. The number of rotatable bonds is 20. The molecule has 0 amide bonds. The van der Waals surface area contributed by atoms with Crippen LogP contribution in [0.5, 0.6) is 0 Å². The molecule has 24 heteroatoms. The van der Waals surface area contributed by atoms with E-state index in [1.165, 1.54) is 0 Å². The first-order valence-corrected chi connectivity index (χ1v) is 22.0. The van der Waals surface area contributed by atoms with Gasteiger partial charge in [-0.3, -0.25) is 38.4 Å². The van der Waals surface area contributed by atoms with Crippen LogP contribution in [0.25, 0.3) is 17.9 Å². The number of nitrogens with one attached hydrogen (secondary N) is 4. The zero-order chi connectivity index (χ0) is 47.5. The summed E-state index contributed by atoms with van der Waals surface area (Å²) in [4.78, 5) is 111. The molecule has 12 N–H and O–H groups in total. The molecule has 0 spiro atoms. The van der Waals surface area contributed by atoms with Crippen molar-refractivity contribution in [2.24, 2.45) is 0 Å². The Morgan fingerprint density at radius 2 is 0.516 bits per heavy atom. The molecule has 0 aliphatic carbocycles. The van der Waals surface area contributed by atoms with Gasteiger partial charge in [0.05, 0.1) is 87.8 Å². The van der Waals surface area contributed by atoms with Crippen LogP contribution in [0.4, 0.5) is 0 Å². The number of carboxylic acids is 8. The van der Waals surface area contributed by atoms with Gasteiger partial charge in [0.25, 0.3) is 0 Å². The molecule has 0 fully saturated rings. The molecule has 0 atom stereocenters. The van der Waals surface area contributed by atoms with Gasteiger partial charge >= 0.3 is 47.8 Å². The summed E-state index contributed by atoms with van der Waals surface area (Å²) < 4.78 is 0.106. The molecule has 5 rings (SSSR count). The van der Waals surface area contributed by atoms with Crippen LogP contribution in [0.2, 0.25) is 0 Å². The SMILES string of the molecule is O=C(O)CCc1c2[nH]c(c1CC(=O)O)C(Br)=c1[nH]c(c(CC(=O)O)c1CCC(=O)O)=C(Br)c1[nH]c(c(CC(=O)O)c1CCC(=O)O)C(Br)=c1[nH]c(c(CC(=O)O)c1CCC(=O)O)=C2Br. The molecule has 0 saturated carbocycles. The van der Waals surface area contributed by atoms with E-state index in [9.17, 15) is 79.2 Å². The molecule has 1 aliphatic heterocycles. The maximum Gasteiger partial charge on any atom is 0.307 e. The number of H-pyrrole nitrogens is 4. The number of carboxylic acid groups (broad SMARTS) is 8. The van der Waals surface area contributed by atoms with E-state index in [0.29, 0.717) is 0 Å². The van der Waals surface area contributed by atoms with Gasteiger partial charge in [-0.05, 0) is 134 Å². The minimum absolute atomic E-state index is 0.0164. The third-order valence-electron chi connectivity index (χ3n) is 10.3. The number of aromatic amines is 4. The Hall–Kier alpha value is -5.72.